The standard InChI is InChI=1S/C25H29NO3S2/c1-4-6-8-18-9-12-20(13-10-18)26-24(27)23(31-25(26)30)17-19-11-14-21(22(16-19)28-3)29-15-7-5-2/h9-14,16-17H,4-8,15H2,1-3H3. The summed E-state index contributed by atoms with van der Waals surface area (Å²) >= 11 is 6.83. The van der Waals surface area contributed by atoms with E-state index in [1.165, 1.54) is 17.3 Å². The maximum atomic E-state index is 13.1. The molecule has 0 unspecified atom stereocenters. The third-order valence-corrected chi connectivity index (χ3v) is 6.35. The molecule has 0 saturated carbocycles. The number of amides is 1. The van der Waals surface area contributed by atoms with Crippen LogP contribution in [0.15, 0.2) is 47.4 Å². The van der Waals surface area contributed by atoms with Gasteiger partial charge in [-0.2, -0.15) is 0 Å². The predicted molar refractivity (Wildman–Crippen MR) is 134 cm³/mol. The first-order chi connectivity index (χ1) is 15.1. The summed E-state index contributed by atoms with van der Waals surface area (Å²) in [5.74, 6) is 1.27. The van der Waals surface area contributed by atoms with Crippen molar-refractivity contribution < 1.29 is 14.3 Å². The molecule has 1 aliphatic rings. The molecule has 2 aromatic carbocycles. The molecule has 1 fully saturated rings. The lowest BCUT2D eigenvalue weighted by Gasteiger charge is -2.15. The highest BCUT2D eigenvalue weighted by atomic mass is 32.2. The van der Waals surface area contributed by atoms with Crippen LogP contribution in [0.2, 0.25) is 0 Å². The monoisotopic (exact) mass is 455 g/mol. The lowest BCUT2D eigenvalue weighted by atomic mass is 10.1. The number of thiocarbonyl (C=S) groups is 1. The summed E-state index contributed by atoms with van der Waals surface area (Å²) in [6, 6.07) is 13.8. The van der Waals surface area contributed by atoms with Crippen LogP contribution in [-0.2, 0) is 11.2 Å². The van der Waals surface area contributed by atoms with Crippen molar-refractivity contribution in [2.75, 3.05) is 18.6 Å². The molecule has 1 aliphatic heterocycles. The summed E-state index contributed by atoms with van der Waals surface area (Å²) in [5, 5.41) is 0. The Kier molecular flexibility index (Phi) is 8.55. The second-order valence-corrected chi connectivity index (χ2v) is 9.08. The molecule has 31 heavy (non-hydrogen) atoms. The van der Waals surface area contributed by atoms with E-state index in [-0.39, 0.29) is 5.91 Å². The fraction of sp³-hybridized carbons (Fsp3) is 0.360. The van der Waals surface area contributed by atoms with Crippen molar-refractivity contribution in [1.82, 2.24) is 0 Å². The molecule has 164 valence electrons. The lowest BCUT2D eigenvalue weighted by molar-refractivity contribution is -0.113. The number of methoxy groups -OCH3 is 1. The number of carbonyl (C=O) groups is 1. The third-order valence-electron chi connectivity index (χ3n) is 5.05. The van der Waals surface area contributed by atoms with Crippen LogP contribution in [0.3, 0.4) is 0 Å². The Hall–Kier alpha value is -2.31. The van der Waals surface area contributed by atoms with Gasteiger partial charge in [-0.15, -0.1) is 0 Å². The number of hydrogen-bond acceptors (Lipinski definition) is 5. The maximum Gasteiger partial charge on any atom is 0.270 e. The van der Waals surface area contributed by atoms with Crippen LogP contribution in [0.25, 0.3) is 6.08 Å². The summed E-state index contributed by atoms with van der Waals surface area (Å²) < 4.78 is 11.8. The molecule has 4 nitrogen and oxygen atoms in total. The second kappa shape index (κ2) is 11.3. The van der Waals surface area contributed by atoms with Crippen molar-refractivity contribution in [3.63, 3.8) is 0 Å². The summed E-state index contributed by atoms with van der Waals surface area (Å²) in [7, 11) is 1.62. The number of anilines is 1. The zero-order valence-corrected chi connectivity index (χ0v) is 20.0. The summed E-state index contributed by atoms with van der Waals surface area (Å²) in [4.78, 5) is 15.3. The fourth-order valence-electron chi connectivity index (χ4n) is 3.25. The quantitative estimate of drug-likeness (QED) is 0.229. The molecule has 0 bridgehead atoms. The third kappa shape index (κ3) is 5.89. The van der Waals surface area contributed by atoms with Crippen molar-refractivity contribution in [2.45, 2.75) is 46.0 Å². The molecular weight excluding hydrogens is 426 g/mol. The number of hydrogen-bond donors (Lipinski definition) is 0. The van der Waals surface area contributed by atoms with Crippen molar-refractivity contribution in [3.05, 3.63) is 58.5 Å². The van der Waals surface area contributed by atoms with E-state index in [1.54, 1.807) is 12.0 Å². The SMILES string of the molecule is CCCCOc1ccc(C=C2SC(=S)N(c3ccc(CCCC)cc3)C2=O)cc1OC. The number of nitrogens with zero attached hydrogens (tertiary/aromatic N) is 1. The molecule has 0 atom stereocenters. The Labute approximate surface area is 194 Å². The lowest BCUT2D eigenvalue weighted by Crippen LogP contribution is -2.27. The van der Waals surface area contributed by atoms with Gasteiger partial charge in [-0.05, 0) is 60.7 Å². The van der Waals surface area contributed by atoms with Crippen molar-refractivity contribution in [2.24, 2.45) is 0 Å². The van der Waals surface area contributed by atoms with E-state index in [1.807, 2.05) is 36.4 Å². The largest absolute Gasteiger partial charge is 0.493 e. The highest BCUT2D eigenvalue weighted by Crippen LogP contribution is 2.37. The van der Waals surface area contributed by atoms with Gasteiger partial charge in [0.25, 0.3) is 5.91 Å². The first kappa shape index (κ1) is 23.4. The van der Waals surface area contributed by atoms with Gasteiger partial charge in [0.1, 0.15) is 0 Å². The zero-order chi connectivity index (χ0) is 22.2. The van der Waals surface area contributed by atoms with Gasteiger partial charge in [0.2, 0.25) is 0 Å². The van der Waals surface area contributed by atoms with E-state index in [0.717, 1.165) is 43.4 Å². The molecule has 0 radical (unpaired) electrons. The van der Waals surface area contributed by atoms with E-state index in [4.69, 9.17) is 21.7 Å². The molecule has 0 spiro atoms. The molecule has 0 N–H and O–H groups in total. The first-order valence-corrected chi connectivity index (χ1v) is 12.0. The summed E-state index contributed by atoms with van der Waals surface area (Å²) in [6.45, 7) is 4.96. The zero-order valence-electron chi connectivity index (χ0n) is 18.3. The van der Waals surface area contributed by atoms with Crippen LogP contribution in [0.4, 0.5) is 5.69 Å². The average Bonchev–Trinajstić information content (AvgIpc) is 3.06. The number of benzene rings is 2. The van der Waals surface area contributed by atoms with E-state index in [0.29, 0.717) is 27.3 Å². The van der Waals surface area contributed by atoms with Gasteiger partial charge in [-0.3, -0.25) is 9.69 Å². The number of carbonyl (C=O) groups excluding carboxylic acids is 1. The van der Waals surface area contributed by atoms with Gasteiger partial charge in [0, 0.05) is 0 Å². The minimum Gasteiger partial charge on any atom is -0.493 e. The van der Waals surface area contributed by atoms with Gasteiger partial charge < -0.3 is 9.47 Å². The van der Waals surface area contributed by atoms with Gasteiger partial charge in [0.05, 0.1) is 24.3 Å². The molecule has 6 heteroatoms. The Bertz CT molecular complexity index is 954. The Morgan fingerprint density at radius 2 is 1.77 bits per heavy atom. The Balaban J connectivity index is 1.76. The molecule has 2 aromatic rings. The van der Waals surface area contributed by atoms with E-state index < -0.39 is 0 Å². The number of unbranched alkanes of at least 4 members (excludes halogenated alkanes) is 2. The smallest absolute Gasteiger partial charge is 0.270 e. The summed E-state index contributed by atoms with van der Waals surface area (Å²) in [5.41, 5.74) is 2.96. The minimum absolute atomic E-state index is 0.0986. The maximum absolute atomic E-state index is 13.1. The normalized spacial score (nSPS) is 15.1. The van der Waals surface area contributed by atoms with E-state index >= 15 is 0 Å². The van der Waals surface area contributed by atoms with Crippen molar-refractivity contribution in [1.29, 1.82) is 0 Å². The molecule has 0 aliphatic carbocycles. The van der Waals surface area contributed by atoms with E-state index in [2.05, 4.69) is 26.0 Å². The van der Waals surface area contributed by atoms with Crippen molar-refractivity contribution >= 4 is 46.0 Å². The molecule has 1 heterocycles. The van der Waals surface area contributed by atoms with Gasteiger partial charge in [0.15, 0.2) is 15.8 Å². The van der Waals surface area contributed by atoms with Crippen LogP contribution >= 0.6 is 24.0 Å². The molecule has 1 saturated heterocycles. The summed E-state index contributed by atoms with van der Waals surface area (Å²) in [6.07, 6.45) is 7.30. The molecular formula is C25H29NO3S2. The number of thioether (sulfide) groups is 1. The molecule has 0 aromatic heterocycles. The average molecular weight is 456 g/mol. The van der Waals surface area contributed by atoms with Crippen LogP contribution in [0.1, 0.15) is 50.7 Å². The van der Waals surface area contributed by atoms with Gasteiger partial charge in [-0.1, -0.05) is 68.9 Å². The van der Waals surface area contributed by atoms with Crippen LogP contribution in [-0.4, -0.2) is 23.9 Å². The van der Waals surface area contributed by atoms with E-state index in [9.17, 15) is 4.79 Å². The molecule has 1 amide bonds. The number of aryl methyl sites for hydroxylation is 1. The number of rotatable bonds is 10. The van der Waals surface area contributed by atoms with Crippen LogP contribution in [0.5, 0.6) is 11.5 Å². The Morgan fingerprint density at radius 1 is 1.03 bits per heavy atom. The second-order valence-electron chi connectivity index (χ2n) is 7.40. The van der Waals surface area contributed by atoms with Crippen LogP contribution in [0, 0.1) is 0 Å². The van der Waals surface area contributed by atoms with Gasteiger partial charge >= 0.3 is 0 Å². The predicted octanol–water partition coefficient (Wildman–Crippen LogP) is 6.62. The Morgan fingerprint density at radius 3 is 2.45 bits per heavy atom. The van der Waals surface area contributed by atoms with Gasteiger partial charge in [-0.25, -0.2) is 0 Å². The van der Waals surface area contributed by atoms with Crippen molar-refractivity contribution in [3.8, 4) is 11.5 Å². The number of ether oxygens (including phenoxy) is 2. The highest BCUT2D eigenvalue weighted by molar-refractivity contribution is 8.27. The minimum atomic E-state index is -0.0986. The first-order valence-electron chi connectivity index (χ1n) is 10.7. The van der Waals surface area contributed by atoms with Crippen LogP contribution < -0.4 is 14.4 Å². The topological polar surface area (TPSA) is 38.8 Å². The fourth-order valence-corrected chi connectivity index (χ4v) is 4.55. The highest BCUT2D eigenvalue weighted by Gasteiger charge is 2.33. The molecule has 3 rings (SSSR count).